The first-order valence-electron chi connectivity index (χ1n) is 8.95. The van der Waals surface area contributed by atoms with Crippen LogP contribution in [0.4, 0.5) is 4.79 Å². The number of pyridine rings is 1. The molecule has 1 aliphatic rings. The van der Waals surface area contributed by atoms with E-state index in [1.54, 1.807) is 25.5 Å². The number of carbonyl (C=O) groups is 2. The van der Waals surface area contributed by atoms with Gasteiger partial charge in [0.15, 0.2) is 0 Å². The van der Waals surface area contributed by atoms with Gasteiger partial charge in [-0.25, -0.2) is 4.79 Å². The zero-order chi connectivity index (χ0) is 19.2. The van der Waals surface area contributed by atoms with Crippen molar-refractivity contribution in [1.82, 2.24) is 20.5 Å². The third-order valence-electron chi connectivity index (χ3n) is 4.57. The predicted octanol–water partition coefficient (Wildman–Crippen LogP) is 1.87. The fourth-order valence-electron chi connectivity index (χ4n) is 3.12. The number of hydrogen-bond acceptors (Lipinski definition) is 4. The van der Waals surface area contributed by atoms with Crippen LogP contribution >= 0.6 is 0 Å². The van der Waals surface area contributed by atoms with E-state index in [1.807, 2.05) is 37.3 Å². The fraction of sp³-hybridized carbons (Fsp3) is 0.350. The zero-order valence-corrected chi connectivity index (χ0v) is 15.5. The van der Waals surface area contributed by atoms with Crippen LogP contribution in [-0.2, 0) is 11.3 Å². The van der Waals surface area contributed by atoms with Crippen LogP contribution < -0.4 is 15.4 Å². The van der Waals surface area contributed by atoms with Crippen molar-refractivity contribution in [2.24, 2.45) is 0 Å². The first-order chi connectivity index (χ1) is 13.1. The summed E-state index contributed by atoms with van der Waals surface area (Å²) in [5.41, 5.74) is 2.17. The molecule has 1 aromatic heterocycles. The van der Waals surface area contributed by atoms with Crippen LogP contribution in [-0.4, -0.2) is 47.6 Å². The second-order valence-electron chi connectivity index (χ2n) is 6.59. The van der Waals surface area contributed by atoms with Crippen molar-refractivity contribution in [2.45, 2.75) is 32.0 Å². The number of benzene rings is 1. The second kappa shape index (κ2) is 8.53. The maximum absolute atomic E-state index is 12.7. The molecule has 1 aromatic carbocycles. The van der Waals surface area contributed by atoms with Gasteiger partial charge in [0.2, 0.25) is 5.91 Å². The van der Waals surface area contributed by atoms with Crippen molar-refractivity contribution in [3.8, 4) is 5.75 Å². The lowest BCUT2D eigenvalue weighted by Gasteiger charge is -2.23. The monoisotopic (exact) mass is 368 g/mol. The summed E-state index contributed by atoms with van der Waals surface area (Å²) < 4.78 is 5.89. The number of carbonyl (C=O) groups excluding carboxylic acids is 2. The Bertz CT molecular complexity index is 780. The lowest BCUT2D eigenvalue weighted by Crippen LogP contribution is -2.48. The van der Waals surface area contributed by atoms with E-state index < -0.39 is 6.04 Å². The molecule has 0 unspecified atom stereocenters. The van der Waals surface area contributed by atoms with Crippen molar-refractivity contribution in [1.29, 1.82) is 0 Å². The molecule has 2 aromatic rings. The lowest BCUT2D eigenvalue weighted by atomic mass is 10.1. The van der Waals surface area contributed by atoms with E-state index in [4.69, 9.17) is 4.74 Å². The summed E-state index contributed by atoms with van der Waals surface area (Å²) in [6.45, 7) is 2.76. The molecule has 27 heavy (non-hydrogen) atoms. The molecule has 0 radical (unpaired) electrons. The Balaban J connectivity index is 1.64. The van der Waals surface area contributed by atoms with Gasteiger partial charge >= 0.3 is 6.03 Å². The highest BCUT2D eigenvalue weighted by Crippen LogP contribution is 2.23. The first kappa shape index (κ1) is 18.7. The normalized spacial score (nSPS) is 18.8. The van der Waals surface area contributed by atoms with Gasteiger partial charge in [-0.15, -0.1) is 0 Å². The summed E-state index contributed by atoms with van der Waals surface area (Å²) in [5.74, 6) is 0.429. The summed E-state index contributed by atoms with van der Waals surface area (Å²) >= 11 is 0. The summed E-state index contributed by atoms with van der Waals surface area (Å²) in [6.07, 6.45) is 3.46. The number of hydrogen-bond donors (Lipinski definition) is 2. The molecular formula is C20H24N4O3. The Morgan fingerprint density at radius 1 is 1.26 bits per heavy atom. The van der Waals surface area contributed by atoms with Crippen LogP contribution in [0.5, 0.6) is 5.75 Å². The fourth-order valence-corrected chi connectivity index (χ4v) is 3.12. The number of amides is 3. The van der Waals surface area contributed by atoms with E-state index in [0.717, 1.165) is 5.56 Å². The Labute approximate surface area is 158 Å². The average molecular weight is 368 g/mol. The van der Waals surface area contributed by atoms with Crippen LogP contribution in [0.1, 0.15) is 17.5 Å². The highest BCUT2D eigenvalue weighted by Gasteiger charge is 2.40. The number of aromatic nitrogens is 1. The largest absolute Gasteiger partial charge is 0.487 e. The Morgan fingerprint density at radius 3 is 2.70 bits per heavy atom. The highest BCUT2D eigenvalue weighted by molar-refractivity contribution is 5.87. The number of urea groups is 1. The van der Waals surface area contributed by atoms with Crippen LogP contribution in [0.3, 0.4) is 0 Å². The molecule has 0 spiro atoms. The third kappa shape index (κ3) is 4.75. The number of aryl methyl sites for hydroxylation is 1. The molecule has 3 rings (SSSR count). The van der Waals surface area contributed by atoms with Crippen LogP contribution in [0.2, 0.25) is 0 Å². The quantitative estimate of drug-likeness (QED) is 0.844. The number of nitrogens with one attached hydrogen (secondary N) is 2. The third-order valence-corrected chi connectivity index (χ3v) is 4.57. The van der Waals surface area contributed by atoms with E-state index >= 15 is 0 Å². The molecule has 7 nitrogen and oxygen atoms in total. The summed E-state index contributed by atoms with van der Waals surface area (Å²) in [6, 6.07) is 10.7. The summed E-state index contributed by atoms with van der Waals surface area (Å²) in [7, 11) is 1.57. The predicted molar refractivity (Wildman–Crippen MR) is 101 cm³/mol. The number of rotatable bonds is 5. The minimum absolute atomic E-state index is 0.197. The highest BCUT2D eigenvalue weighted by atomic mass is 16.5. The molecule has 1 aliphatic heterocycles. The van der Waals surface area contributed by atoms with Crippen LogP contribution in [0.25, 0.3) is 0 Å². The summed E-state index contributed by atoms with van der Waals surface area (Å²) in [5, 5.41) is 5.52. The zero-order valence-electron chi connectivity index (χ0n) is 15.5. The van der Waals surface area contributed by atoms with Gasteiger partial charge in [-0.05, 0) is 24.6 Å². The molecule has 2 atom stereocenters. The second-order valence-corrected chi connectivity index (χ2v) is 6.59. The standard InChI is InChI=1S/C20H24N4O3/c1-14-5-7-15(8-6-14)11-23-20(26)24-13-17(10-18(24)19(25)21-2)27-16-4-3-9-22-12-16/h3-9,12,17-18H,10-11,13H2,1-2H3,(H,21,25)(H,23,26)/t17-,18+/m0/s1. The Kier molecular flexibility index (Phi) is 5.90. The van der Waals surface area contributed by atoms with Crippen molar-refractivity contribution < 1.29 is 14.3 Å². The molecule has 2 N–H and O–H groups in total. The van der Waals surface area contributed by atoms with Crippen molar-refractivity contribution in [3.63, 3.8) is 0 Å². The van der Waals surface area contributed by atoms with Gasteiger partial charge in [-0.1, -0.05) is 29.8 Å². The van der Waals surface area contributed by atoms with Crippen LogP contribution in [0.15, 0.2) is 48.8 Å². The minimum Gasteiger partial charge on any atom is -0.487 e. The number of ether oxygens (including phenoxy) is 1. The molecule has 2 heterocycles. The minimum atomic E-state index is -0.560. The first-order valence-corrected chi connectivity index (χ1v) is 8.95. The van der Waals surface area contributed by atoms with Gasteiger partial charge in [-0.2, -0.15) is 0 Å². The van der Waals surface area contributed by atoms with Gasteiger partial charge in [0.1, 0.15) is 17.9 Å². The molecule has 7 heteroatoms. The van der Waals surface area contributed by atoms with Gasteiger partial charge < -0.3 is 20.3 Å². The molecule has 0 bridgehead atoms. The average Bonchev–Trinajstić information content (AvgIpc) is 3.11. The van der Waals surface area contributed by atoms with E-state index in [1.165, 1.54) is 10.5 Å². The number of likely N-dealkylation sites (tertiary alicyclic amines) is 1. The van der Waals surface area contributed by atoms with E-state index in [9.17, 15) is 9.59 Å². The van der Waals surface area contributed by atoms with E-state index in [0.29, 0.717) is 25.3 Å². The van der Waals surface area contributed by atoms with E-state index in [-0.39, 0.29) is 18.0 Å². The van der Waals surface area contributed by atoms with Crippen molar-refractivity contribution in [2.75, 3.05) is 13.6 Å². The van der Waals surface area contributed by atoms with Gasteiger partial charge in [-0.3, -0.25) is 9.78 Å². The molecule has 142 valence electrons. The SMILES string of the molecule is CNC(=O)[C@H]1C[C@H](Oc2cccnc2)CN1C(=O)NCc1ccc(C)cc1. The maximum atomic E-state index is 12.7. The molecule has 1 saturated heterocycles. The molecule has 3 amide bonds. The van der Waals surface area contributed by atoms with Crippen molar-refractivity contribution in [3.05, 3.63) is 59.9 Å². The van der Waals surface area contributed by atoms with Crippen LogP contribution in [0, 0.1) is 6.92 Å². The lowest BCUT2D eigenvalue weighted by molar-refractivity contribution is -0.124. The molecule has 0 aliphatic carbocycles. The topological polar surface area (TPSA) is 83.6 Å². The van der Waals surface area contributed by atoms with Gasteiger partial charge in [0.05, 0.1) is 12.7 Å². The maximum Gasteiger partial charge on any atom is 0.318 e. The van der Waals surface area contributed by atoms with E-state index in [2.05, 4.69) is 15.6 Å². The van der Waals surface area contributed by atoms with Gasteiger partial charge in [0, 0.05) is 26.2 Å². The van der Waals surface area contributed by atoms with Crippen molar-refractivity contribution >= 4 is 11.9 Å². The number of nitrogens with zero attached hydrogens (tertiary/aromatic N) is 2. The molecule has 0 saturated carbocycles. The number of likely N-dealkylation sites (N-methyl/N-ethyl adjacent to an activating group) is 1. The van der Waals surface area contributed by atoms with Gasteiger partial charge in [0.25, 0.3) is 0 Å². The summed E-state index contributed by atoms with van der Waals surface area (Å²) in [4.78, 5) is 30.5. The Hall–Kier alpha value is -3.09. The molecule has 1 fully saturated rings. The smallest absolute Gasteiger partial charge is 0.318 e. The molecular weight excluding hydrogens is 344 g/mol. The Morgan fingerprint density at radius 2 is 2.04 bits per heavy atom.